The predicted molar refractivity (Wildman–Crippen MR) is 116 cm³/mol. The molecule has 2 heterocycles. The highest BCUT2D eigenvalue weighted by Gasteiger charge is 2.14. The van der Waals surface area contributed by atoms with Crippen LogP contribution in [0.25, 0.3) is 22.2 Å². The molecule has 2 aromatic heterocycles. The first kappa shape index (κ1) is 19.3. The fourth-order valence-corrected chi connectivity index (χ4v) is 3.16. The molecule has 2 amide bonds. The number of nitrogens with one attached hydrogen (secondary N) is 2. The van der Waals surface area contributed by atoms with Gasteiger partial charge in [-0.1, -0.05) is 36.4 Å². The Morgan fingerprint density at radius 1 is 0.800 bits per heavy atom. The quantitative estimate of drug-likeness (QED) is 0.489. The number of carbonyl (C=O) groups is 2. The summed E-state index contributed by atoms with van der Waals surface area (Å²) in [7, 11) is 0. The number of rotatable bonds is 6. The van der Waals surface area contributed by atoms with Crippen LogP contribution in [-0.4, -0.2) is 34.9 Å². The minimum absolute atomic E-state index is 0.168. The molecule has 0 atom stereocenters. The Morgan fingerprint density at radius 2 is 1.53 bits per heavy atom. The molecule has 4 aromatic rings. The third kappa shape index (κ3) is 4.33. The minimum atomic E-state index is -0.215. The summed E-state index contributed by atoms with van der Waals surface area (Å²) >= 11 is 0. The summed E-state index contributed by atoms with van der Waals surface area (Å²) in [5.41, 5.74) is 3.39. The van der Waals surface area contributed by atoms with Crippen LogP contribution in [0.5, 0.6) is 0 Å². The number of benzene rings is 2. The van der Waals surface area contributed by atoms with Crippen LogP contribution in [0.3, 0.4) is 0 Å². The van der Waals surface area contributed by atoms with Gasteiger partial charge >= 0.3 is 0 Å². The summed E-state index contributed by atoms with van der Waals surface area (Å²) in [5.74, 6) is -0.384. The topological polar surface area (TPSA) is 84.0 Å². The summed E-state index contributed by atoms with van der Waals surface area (Å²) in [6.07, 6.45) is 3.42. The van der Waals surface area contributed by atoms with E-state index in [1.807, 2.05) is 54.6 Å². The number of amides is 2. The van der Waals surface area contributed by atoms with Gasteiger partial charge in [0.15, 0.2) is 0 Å². The van der Waals surface area contributed by atoms with E-state index in [9.17, 15) is 9.59 Å². The highest BCUT2D eigenvalue weighted by Crippen LogP contribution is 2.24. The van der Waals surface area contributed by atoms with Crippen molar-refractivity contribution in [2.24, 2.45) is 0 Å². The summed E-state index contributed by atoms with van der Waals surface area (Å²) < 4.78 is 0. The third-order valence-corrected chi connectivity index (χ3v) is 4.65. The molecule has 30 heavy (non-hydrogen) atoms. The second-order valence-corrected chi connectivity index (χ2v) is 6.69. The van der Waals surface area contributed by atoms with Gasteiger partial charge in [0.2, 0.25) is 0 Å². The zero-order valence-corrected chi connectivity index (χ0v) is 16.2. The Bertz CT molecular complexity index is 1180. The van der Waals surface area contributed by atoms with Gasteiger partial charge in [0.25, 0.3) is 11.8 Å². The molecular formula is C24H20N4O2. The van der Waals surface area contributed by atoms with E-state index in [1.54, 1.807) is 30.6 Å². The van der Waals surface area contributed by atoms with Crippen LogP contribution in [0.2, 0.25) is 0 Å². The van der Waals surface area contributed by atoms with E-state index in [4.69, 9.17) is 0 Å². The molecule has 0 aliphatic rings. The zero-order valence-electron chi connectivity index (χ0n) is 16.2. The Hall–Kier alpha value is -4.06. The lowest BCUT2D eigenvalue weighted by Crippen LogP contribution is -2.34. The molecule has 0 radical (unpaired) electrons. The molecule has 0 unspecified atom stereocenters. The molecule has 0 aliphatic heterocycles. The van der Waals surface area contributed by atoms with E-state index < -0.39 is 0 Å². The zero-order chi connectivity index (χ0) is 20.8. The van der Waals surface area contributed by atoms with Crippen molar-refractivity contribution in [2.75, 3.05) is 13.1 Å². The summed E-state index contributed by atoms with van der Waals surface area (Å²) in [4.78, 5) is 33.8. The van der Waals surface area contributed by atoms with E-state index in [1.165, 1.54) is 0 Å². The number of aromatic nitrogens is 2. The maximum absolute atomic E-state index is 12.9. The first-order chi connectivity index (χ1) is 14.7. The van der Waals surface area contributed by atoms with Gasteiger partial charge in [-0.25, -0.2) is 4.98 Å². The van der Waals surface area contributed by atoms with Crippen molar-refractivity contribution in [3.05, 3.63) is 96.3 Å². The highest BCUT2D eigenvalue weighted by atomic mass is 16.2. The van der Waals surface area contributed by atoms with Crippen LogP contribution in [0.4, 0.5) is 0 Å². The van der Waals surface area contributed by atoms with Gasteiger partial charge in [-0.15, -0.1) is 0 Å². The van der Waals surface area contributed by atoms with Gasteiger partial charge in [-0.3, -0.25) is 14.6 Å². The smallest absolute Gasteiger partial charge is 0.252 e. The van der Waals surface area contributed by atoms with Gasteiger partial charge in [0.05, 0.1) is 16.8 Å². The van der Waals surface area contributed by atoms with E-state index in [2.05, 4.69) is 20.6 Å². The van der Waals surface area contributed by atoms with Gasteiger partial charge < -0.3 is 10.6 Å². The average Bonchev–Trinajstić information content (AvgIpc) is 2.82. The lowest BCUT2D eigenvalue weighted by Gasteiger charge is -2.11. The van der Waals surface area contributed by atoms with Crippen molar-refractivity contribution >= 4 is 22.7 Å². The fraction of sp³-hybridized carbons (Fsp3) is 0.0833. The first-order valence-corrected chi connectivity index (χ1v) is 9.64. The average molecular weight is 396 g/mol. The number of pyridine rings is 2. The first-order valence-electron chi connectivity index (χ1n) is 9.64. The van der Waals surface area contributed by atoms with Crippen LogP contribution in [0.15, 0.2) is 85.2 Å². The standard InChI is InChI=1S/C24H20N4O2/c29-23(17-7-2-1-3-8-17)26-13-14-27-24(30)20-15-22(18-9-6-12-25-16-18)28-21-11-5-4-10-19(20)21/h1-12,15-16H,13-14H2,(H,26,29)(H,27,30). The monoisotopic (exact) mass is 396 g/mol. The molecule has 0 aliphatic carbocycles. The molecule has 6 nitrogen and oxygen atoms in total. The van der Waals surface area contributed by atoms with Crippen LogP contribution < -0.4 is 10.6 Å². The molecule has 2 aromatic carbocycles. The number of carbonyl (C=O) groups excluding carboxylic acids is 2. The highest BCUT2D eigenvalue weighted by molar-refractivity contribution is 6.07. The van der Waals surface area contributed by atoms with Crippen molar-refractivity contribution in [1.82, 2.24) is 20.6 Å². The molecule has 2 N–H and O–H groups in total. The van der Waals surface area contributed by atoms with Crippen LogP contribution in [0, 0.1) is 0 Å². The predicted octanol–water partition coefficient (Wildman–Crippen LogP) is 3.46. The van der Waals surface area contributed by atoms with Crippen molar-refractivity contribution in [2.45, 2.75) is 0 Å². The number of nitrogens with zero attached hydrogens (tertiary/aromatic N) is 2. The second-order valence-electron chi connectivity index (χ2n) is 6.69. The lowest BCUT2D eigenvalue weighted by atomic mass is 10.0. The van der Waals surface area contributed by atoms with Crippen LogP contribution >= 0.6 is 0 Å². The molecule has 0 saturated carbocycles. The second kappa shape index (κ2) is 8.96. The number of fused-ring (bicyclic) bond motifs is 1. The third-order valence-electron chi connectivity index (χ3n) is 4.65. The van der Waals surface area contributed by atoms with E-state index in [0.717, 1.165) is 16.5 Å². The van der Waals surface area contributed by atoms with Crippen molar-refractivity contribution in [3.8, 4) is 11.3 Å². The molecular weight excluding hydrogens is 376 g/mol. The number of hydrogen-bond acceptors (Lipinski definition) is 4. The van der Waals surface area contributed by atoms with Crippen LogP contribution in [-0.2, 0) is 0 Å². The number of hydrogen-bond donors (Lipinski definition) is 2. The van der Waals surface area contributed by atoms with E-state index in [0.29, 0.717) is 29.9 Å². The maximum Gasteiger partial charge on any atom is 0.252 e. The van der Waals surface area contributed by atoms with Crippen molar-refractivity contribution < 1.29 is 9.59 Å². The summed E-state index contributed by atoms with van der Waals surface area (Å²) in [5, 5.41) is 6.46. The van der Waals surface area contributed by atoms with E-state index in [-0.39, 0.29) is 11.8 Å². The summed E-state index contributed by atoms with van der Waals surface area (Å²) in [6, 6.07) is 22.0. The van der Waals surface area contributed by atoms with Gasteiger partial charge in [-0.2, -0.15) is 0 Å². The molecule has 6 heteroatoms. The lowest BCUT2D eigenvalue weighted by molar-refractivity contribution is 0.0928. The Morgan fingerprint density at radius 3 is 2.30 bits per heavy atom. The van der Waals surface area contributed by atoms with E-state index >= 15 is 0 Å². The largest absolute Gasteiger partial charge is 0.350 e. The van der Waals surface area contributed by atoms with Crippen molar-refractivity contribution in [3.63, 3.8) is 0 Å². The fourth-order valence-electron chi connectivity index (χ4n) is 3.16. The van der Waals surface area contributed by atoms with Gasteiger partial charge in [0, 0.05) is 42.0 Å². The molecule has 148 valence electrons. The molecule has 0 bridgehead atoms. The molecule has 0 spiro atoms. The Kier molecular flexibility index (Phi) is 5.75. The maximum atomic E-state index is 12.9. The Labute approximate surface area is 174 Å². The number of para-hydroxylation sites is 1. The molecule has 0 saturated heterocycles. The van der Waals surface area contributed by atoms with Gasteiger partial charge in [0.1, 0.15) is 0 Å². The van der Waals surface area contributed by atoms with Crippen LogP contribution in [0.1, 0.15) is 20.7 Å². The SMILES string of the molecule is O=C(NCCNC(=O)c1cc(-c2cccnc2)nc2ccccc12)c1ccccc1. The molecule has 4 rings (SSSR count). The normalized spacial score (nSPS) is 10.5. The van der Waals surface area contributed by atoms with Crippen molar-refractivity contribution in [1.29, 1.82) is 0 Å². The minimum Gasteiger partial charge on any atom is -0.350 e. The molecule has 0 fully saturated rings. The van der Waals surface area contributed by atoms with Gasteiger partial charge in [-0.05, 0) is 36.4 Å². The Balaban J connectivity index is 1.48. The summed E-state index contributed by atoms with van der Waals surface area (Å²) in [6.45, 7) is 0.647.